The second-order valence-electron chi connectivity index (χ2n) is 5.04. The van der Waals surface area contributed by atoms with Crippen molar-refractivity contribution in [1.82, 2.24) is 4.90 Å². The molecule has 1 aliphatic carbocycles. The van der Waals surface area contributed by atoms with Gasteiger partial charge in [0.05, 0.1) is 16.1 Å². The number of benzene rings is 1. The Bertz CT molecular complexity index is 519. The topological polar surface area (TPSA) is 40.5 Å². The van der Waals surface area contributed by atoms with E-state index in [4.69, 9.17) is 23.2 Å². The summed E-state index contributed by atoms with van der Waals surface area (Å²) < 4.78 is 0. The maximum atomic E-state index is 12.0. The minimum Gasteiger partial charge on any atom is -0.393 e. The van der Waals surface area contributed by atoms with Crippen molar-refractivity contribution in [3.05, 3.63) is 46.5 Å². The van der Waals surface area contributed by atoms with Crippen LogP contribution in [0.2, 0.25) is 10.0 Å². The van der Waals surface area contributed by atoms with Crippen molar-refractivity contribution in [2.45, 2.75) is 38.0 Å². The third-order valence-electron chi connectivity index (χ3n) is 3.61. The Morgan fingerprint density at radius 1 is 1.40 bits per heavy atom. The monoisotopic (exact) mass is 313 g/mol. The fraction of sp³-hybridized carbons (Fsp3) is 0.400. The number of hydrogen-bond donors (Lipinski definition) is 1. The van der Waals surface area contributed by atoms with E-state index in [1.807, 2.05) is 6.07 Å². The highest BCUT2D eigenvalue weighted by molar-refractivity contribution is 6.42. The number of aliphatic hydroxyl groups excluding tert-OH is 1. The molecule has 1 aromatic carbocycles. The molecule has 3 nitrogen and oxygen atoms in total. The maximum Gasteiger partial charge on any atom is 0.246 e. The van der Waals surface area contributed by atoms with E-state index in [9.17, 15) is 9.90 Å². The lowest BCUT2D eigenvalue weighted by Gasteiger charge is -2.28. The molecule has 0 saturated heterocycles. The van der Waals surface area contributed by atoms with E-state index in [2.05, 4.69) is 6.58 Å². The van der Waals surface area contributed by atoms with Crippen molar-refractivity contribution in [2.75, 3.05) is 0 Å². The summed E-state index contributed by atoms with van der Waals surface area (Å²) in [6.07, 6.45) is 3.13. The van der Waals surface area contributed by atoms with Gasteiger partial charge in [-0.25, -0.2) is 0 Å². The lowest BCUT2D eigenvalue weighted by molar-refractivity contribution is -0.128. The average molecular weight is 314 g/mol. The quantitative estimate of drug-likeness (QED) is 0.865. The van der Waals surface area contributed by atoms with E-state index in [0.717, 1.165) is 18.4 Å². The number of carbonyl (C=O) groups excluding carboxylic acids is 1. The molecule has 1 aromatic rings. The molecule has 0 heterocycles. The summed E-state index contributed by atoms with van der Waals surface area (Å²) in [6, 6.07) is 5.38. The van der Waals surface area contributed by atoms with Gasteiger partial charge in [-0.2, -0.15) is 0 Å². The molecular formula is C15H17Cl2NO2. The van der Waals surface area contributed by atoms with Crippen molar-refractivity contribution in [3.8, 4) is 0 Å². The zero-order chi connectivity index (χ0) is 14.7. The minimum absolute atomic E-state index is 0.0463. The summed E-state index contributed by atoms with van der Waals surface area (Å²) in [6.45, 7) is 3.99. The molecule has 0 aliphatic heterocycles. The summed E-state index contributed by atoms with van der Waals surface area (Å²) in [5.41, 5.74) is 0.913. The van der Waals surface area contributed by atoms with Crippen LogP contribution in [-0.4, -0.2) is 28.1 Å². The first-order valence-electron chi connectivity index (χ1n) is 6.56. The van der Waals surface area contributed by atoms with Crippen molar-refractivity contribution in [2.24, 2.45) is 0 Å². The van der Waals surface area contributed by atoms with Gasteiger partial charge < -0.3 is 10.0 Å². The van der Waals surface area contributed by atoms with Crippen LogP contribution in [-0.2, 0) is 11.3 Å². The van der Waals surface area contributed by atoms with Crippen molar-refractivity contribution in [1.29, 1.82) is 0 Å². The number of rotatable bonds is 4. The SMILES string of the molecule is C=CC(=O)N(Cc1ccc(Cl)c(Cl)c1)[C@H]1CC[C@@H](O)C1. The predicted octanol–water partition coefficient (Wildman–Crippen LogP) is 3.42. The van der Waals surface area contributed by atoms with Crippen LogP contribution in [0.3, 0.4) is 0 Å². The highest BCUT2D eigenvalue weighted by atomic mass is 35.5. The zero-order valence-electron chi connectivity index (χ0n) is 11.1. The van der Waals surface area contributed by atoms with Gasteiger partial charge >= 0.3 is 0 Å². The summed E-state index contributed by atoms with van der Waals surface area (Å²) >= 11 is 11.9. The largest absolute Gasteiger partial charge is 0.393 e. The second kappa shape index (κ2) is 6.61. The van der Waals surface area contributed by atoms with Gasteiger partial charge in [0.1, 0.15) is 0 Å². The molecule has 1 aliphatic rings. The Labute approximate surface area is 128 Å². The molecule has 5 heteroatoms. The Morgan fingerprint density at radius 3 is 2.70 bits per heavy atom. The van der Waals surface area contributed by atoms with Gasteiger partial charge in [0.2, 0.25) is 5.91 Å². The van der Waals surface area contributed by atoms with Crippen LogP contribution in [0, 0.1) is 0 Å². The van der Waals surface area contributed by atoms with Gasteiger partial charge in [0.25, 0.3) is 0 Å². The molecule has 2 rings (SSSR count). The van der Waals surface area contributed by atoms with E-state index >= 15 is 0 Å². The van der Waals surface area contributed by atoms with Gasteiger partial charge in [-0.15, -0.1) is 0 Å². The molecule has 0 radical (unpaired) electrons. The standard InChI is InChI=1S/C15H17Cl2NO2/c1-2-15(20)18(11-4-5-12(19)8-11)9-10-3-6-13(16)14(17)7-10/h2-3,6-7,11-12,19H,1,4-5,8-9H2/t11-,12+/m0/s1. The third kappa shape index (κ3) is 3.54. The zero-order valence-corrected chi connectivity index (χ0v) is 12.6. The lowest BCUT2D eigenvalue weighted by atomic mass is 10.1. The number of amides is 1. The molecule has 108 valence electrons. The van der Waals surface area contributed by atoms with E-state index < -0.39 is 0 Å². The molecule has 1 amide bonds. The Kier molecular flexibility index (Phi) is 5.08. The lowest BCUT2D eigenvalue weighted by Crippen LogP contribution is -2.37. The van der Waals surface area contributed by atoms with E-state index in [-0.39, 0.29) is 18.1 Å². The molecule has 20 heavy (non-hydrogen) atoms. The van der Waals surface area contributed by atoms with Gasteiger partial charge in [-0.1, -0.05) is 35.8 Å². The minimum atomic E-state index is -0.325. The van der Waals surface area contributed by atoms with Gasteiger partial charge in [0, 0.05) is 12.6 Å². The molecule has 0 aromatic heterocycles. The first kappa shape index (κ1) is 15.4. The molecule has 0 spiro atoms. The summed E-state index contributed by atoms with van der Waals surface area (Å²) in [7, 11) is 0. The molecule has 0 bridgehead atoms. The van der Waals surface area contributed by atoms with Crippen LogP contribution in [0.1, 0.15) is 24.8 Å². The van der Waals surface area contributed by atoms with E-state index in [0.29, 0.717) is 23.0 Å². The molecule has 2 atom stereocenters. The Morgan fingerprint density at radius 2 is 2.15 bits per heavy atom. The first-order chi connectivity index (χ1) is 9.51. The predicted molar refractivity (Wildman–Crippen MR) is 80.9 cm³/mol. The smallest absolute Gasteiger partial charge is 0.246 e. The number of halogens is 2. The highest BCUT2D eigenvalue weighted by Gasteiger charge is 2.30. The maximum absolute atomic E-state index is 12.0. The molecule has 1 N–H and O–H groups in total. The Hall–Kier alpha value is -1.03. The second-order valence-corrected chi connectivity index (χ2v) is 5.85. The molecule has 0 unspecified atom stereocenters. The van der Waals surface area contributed by atoms with Gasteiger partial charge in [-0.3, -0.25) is 4.79 Å². The van der Waals surface area contributed by atoms with E-state index in [1.165, 1.54) is 6.08 Å². The van der Waals surface area contributed by atoms with Crippen molar-refractivity contribution < 1.29 is 9.90 Å². The van der Waals surface area contributed by atoms with Crippen molar-refractivity contribution in [3.63, 3.8) is 0 Å². The average Bonchev–Trinajstić information content (AvgIpc) is 2.85. The fourth-order valence-corrected chi connectivity index (χ4v) is 2.88. The van der Waals surface area contributed by atoms with E-state index in [1.54, 1.807) is 17.0 Å². The summed E-state index contributed by atoms with van der Waals surface area (Å²) in [5.74, 6) is -0.129. The van der Waals surface area contributed by atoms with Crippen LogP contribution in [0.15, 0.2) is 30.9 Å². The molecular weight excluding hydrogens is 297 g/mol. The summed E-state index contributed by atoms with van der Waals surface area (Å²) in [4.78, 5) is 13.8. The Balaban J connectivity index is 2.17. The number of aliphatic hydroxyl groups is 1. The van der Waals surface area contributed by atoms with Crippen LogP contribution in [0.25, 0.3) is 0 Å². The fourth-order valence-electron chi connectivity index (χ4n) is 2.56. The van der Waals surface area contributed by atoms with Crippen LogP contribution in [0.4, 0.5) is 0 Å². The normalized spacial score (nSPS) is 21.8. The van der Waals surface area contributed by atoms with Gasteiger partial charge in [-0.05, 0) is 43.0 Å². The molecule has 1 fully saturated rings. The third-order valence-corrected chi connectivity index (χ3v) is 4.35. The first-order valence-corrected chi connectivity index (χ1v) is 7.32. The molecule has 1 saturated carbocycles. The number of hydrogen-bond acceptors (Lipinski definition) is 2. The van der Waals surface area contributed by atoms with Gasteiger partial charge in [0.15, 0.2) is 0 Å². The van der Waals surface area contributed by atoms with Crippen molar-refractivity contribution >= 4 is 29.1 Å². The number of nitrogens with zero attached hydrogens (tertiary/aromatic N) is 1. The van der Waals surface area contributed by atoms with Crippen LogP contribution >= 0.6 is 23.2 Å². The van der Waals surface area contributed by atoms with Crippen LogP contribution in [0.5, 0.6) is 0 Å². The summed E-state index contributed by atoms with van der Waals surface area (Å²) in [5, 5.41) is 10.6. The highest BCUT2D eigenvalue weighted by Crippen LogP contribution is 2.28. The number of carbonyl (C=O) groups is 1. The van der Waals surface area contributed by atoms with Crippen LogP contribution < -0.4 is 0 Å².